The highest BCUT2D eigenvalue weighted by Gasteiger charge is 2.21. The summed E-state index contributed by atoms with van der Waals surface area (Å²) in [5, 5.41) is 9.39. The molecular formula is C13H18ClN3O2. The highest BCUT2D eigenvalue weighted by molar-refractivity contribution is 6.33. The van der Waals surface area contributed by atoms with Gasteiger partial charge in [-0.15, -0.1) is 0 Å². The third kappa shape index (κ3) is 3.65. The van der Waals surface area contributed by atoms with Crippen LogP contribution in [0.5, 0.6) is 0 Å². The second-order valence-corrected chi connectivity index (χ2v) is 4.97. The Morgan fingerprint density at radius 3 is 2.95 bits per heavy atom. The first kappa shape index (κ1) is 14.2. The van der Waals surface area contributed by atoms with Gasteiger partial charge < -0.3 is 10.0 Å². The lowest BCUT2D eigenvalue weighted by Crippen LogP contribution is -2.36. The highest BCUT2D eigenvalue weighted by atomic mass is 35.5. The van der Waals surface area contributed by atoms with Gasteiger partial charge in [0.25, 0.3) is 5.91 Å². The van der Waals surface area contributed by atoms with Crippen molar-refractivity contribution in [3.8, 4) is 0 Å². The molecule has 2 heterocycles. The van der Waals surface area contributed by atoms with Crippen LogP contribution in [0.3, 0.4) is 0 Å². The molecule has 0 aliphatic carbocycles. The van der Waals surface area contributed by atoms with E-state index >= 15 is 0 Å². The first-order chi connectivity index (χ1) is 9.22. The number of carbonyl (C=O) groups excluding carboxylic acids is 1. The van der Waals surface area contributed by atoms with Gasteiger partial charge in [-0.05, 0) is 19.0 Å². The first-order valence-electron chi connectivity index (χ1n) is 6.44. The molecule has 1 aromatic heterocycles. The van der Waals surface area contributed by atoms with E-state index in [-0.39, 0.29) is 12.5 Å². The van der Waals surface area contributed by atoms with E-state index in [1.807, 2.05) is 0 Å². The molecule has 0 unspecified atom stereocenters. The summed E-state index contributed by atoms with van der Waals surface area (Å²) in [5.74, 6) is -0.0658. The third-order valence-corrected chi connectivity index (χ3v) is 3.62. The molecule has 2 rings (SSSR count). The van der Waals surface area contributed by atoms with Gasteiger partial charge in [-0.1, -0.05) is 11.6 Å². The number of aliphatic hydroxyl groups is 1. The standard InChI is InChI=1S/C13H18ClN3O2/c14-12-2-3-15-10-11(12)13(19)17-5-1-4-16(6-7-17)8-9-18/h2-3,10,18H,1,4-9H2. The number of pyridine rings is 1. The summed E-state index contributed by atoms with van der Waals surface area (Å²) in [6.45, 7) is 3.88. The Labute approximate surface area is 117 Å². The van der Waals surface area contributed by atoms with Gasteiger partial charge in [-0.2, -0.15) is 0 Å². The smallest absolute Gasteiger partial charge is 0.256 e. The zero-order valence-electron chi connectivity index (χ0n) is 10.8. The molecule has 0 atom stereocenters. The number of aliphatic hydroxyl groups excluding tert-OH is 1. The predicted octanol–water partition coefficient (Wildman–Crippen LogP) is 0.875. The molecule has 0 aromatic carbocycles. The zero-order chi connectivity index (χ0) is 13.7. The topological polar surface area (TPSA) is 56.7 Å². The monoisotopic (exact) mass is 283 g/mol. The van der Waals surface area contributed by atoms with Gasteiger partial charge >= 0.3 is 0 Å². The number of β-amino-alcohol motifs (C(OH)–C–C–N with tert-alkyl or cyclic N) is 1. The van der Waals surface area contributed by atoms with Crippen molar-refractivity contribution in [3.63, 3.8) is 0 Å². The molecule has 1 aliphatic heterocycles. The Morgan fingerprint density at radius 1 is 1.37 bits per heavy atom. The fourth-order valence-electron chi connectivity index (χ4n) is 2.24. The Morgan fingerprint density at radius 2 is 2.21 bits per heavy atom. The minimum atomic E-state index is -0.0658. The first-order valence-corrected chi connectivity index (χ1v) is 6.82. The van der Waals surface area contributed by atoms with Crippen molar-refractivity contribution in [1.29, 1.82) is 0 Å². The summed E-state index contributed by atoms with van der Waals surface area (Å²) in [7, 11) is 0. The minimum Gasteiger partial charge on any atom is -0.395 e. The fourth-order valence-corrected chi connectivity index (χ4v) is 2.43. The van der Waals surface area contributed by atoms with E-state index in [9.17, 15) is 4.79 Å². The lowest BCUT2D eigenvalue weighted by Gasteiger charge is -2.21. The molecule has 0 radical (unpaired) electrons. The SMILES string of the molecule is O=C(c1cnccc1Cl)N1CCCN(CCO)CC1. The average Bonchev–Trinajstić information content (AvgIpc) is 2.65. The zero-order valence-corrected chi connectivity index (χ0v) is 11.5. The predicted molar refractivity (Wildman–Crippen MR) is 73.3 cm³/mol. The number of hydrogen-bond acceptors (Lipinski definition) is 4. The molecule has 1 aromatic rings. The van der Waals surface area contributed by atoms with Gasteiger partial charge in [0.2, 0.25) is 0 Å². The van der Waals surface area contributed by atoms with Crippen LogP contribution in [0, 0.1) is 0 Å². The van der Waals surface area contributed by atoms with Crippen molar-refractivity contribution in [3.05, 3.63) is 29.0 Å². The summed E-state index contributed by atoms with van der Waals surface area (Å²) in [4.78, 5) is 20.3. The molecule has 1 saturated heterocycles. The van der Waals surface area contributed by atoms with Crippen molar-refractivity contribution < 1.29 is 9.90 Å². The molecule has 19 heavy (non-hydrogen) atoms. The molecule has 0 saturated carbocycles. The van der Waals surface area contributed by atoms with Crippen molar-refractivity contribution in [2.24, 2.45) is 0 Å². The van der Waals surface area contributed by atoms with Gasteiger partial charge in [0.1, 0.15) is 0 Å². The van der Waals surface area contributed by atoms with Gasteiger partial charge in [-0.25, -0.2) is 0 Å². The van der Waals surface area contributed by atoms with Gasteiger partial charge in [-0.3, -0.25) is 14.7 Å². The molecule has 1 N–H and O–H groups in total. The second-order valence-electron chi connectivity index (χ2n) is 4.57. The number of nitrogens with zero attached hydrogens (tertiary/aromatic N) is 3. The van der Waals surface area contributed by atoms with Gasteiger partial charge in [0.05, 0.1) is 17.2 Å². The number of carbonyl (C=O) groups is 1. The molecular weight excluding hydrogens is 266 g/mol. The maximum atomic E-state index is 12.4. The van der Waals surface area contributed by atoms with E-state index in [2.05, 4.69) is 9.88 Å². The van der Waals surface area contributed by atoms with Crippen LogP contribution in [0.1, 0.15) is 16.8 Å². The maximum Gasteiger partial charge on any atom is 0.256 e. The Kier molecular flexibility index (Phi) is 5.13. The summed E-state index contributed by atoms with van der Waals surface area (Å²) in [5.41, 5.74) is 0.458. The summed E-state index contributed by atoms with van der Waals surface area (Å²) in [6, 6.07) is 1.63. The van der Waals surface area contributed by atoms with E-state index in [1.54, 1.807) is 17.2 Å². The highest BCUT2D eigenvalue weighted by Crippen LogP contribution is 2.17. The van der Waals surface area contributed by atoms with Crippen LogP contribution in [-0.4, -0.2) is 65.1 Å². The van der Waals surface area contributed by atoms with E-state index in [4.69, 9.17) is 16.7 Å². The number of amides is 1. The largest absolute Gasteiger partial charge is 0.395 e. The number of aromatic nitrogens is 1. The summed E-state index contributed by atoms with van der Waals surface area (Å²) < 4.78 is 0. The molecule has 104 valence electrons. The average molecular weight is 284 g/mol. The molecule has 1 aliphatic rings. The molecule has 1 fully saturated rings. The van der Waals surface area contributed by atoms with Crippen molar-refractivity contribution >= 4 is 17.5 Å². The van der Waals surface area contributed by atoms with Crippen LogP contribution in [0.15, 0.2) is 18.5 Å². The van der Waals surface area contributed by atoms with Crippen LogP contribution in [0.25, 0.3) is 0 Å². The summed E-state index contributed by atoms with van der Waals surface area (Å²) in [6.07, 6.45) is 4.00. The molecule has 6 heteroatoms. The van der Waals surface area contributed by atoms with Crippen LogP contribution < -0.4 is 0 Å². The third-order valence-electron chi connectivity index (χ3n) is 3.29. The van der Waals surface area contributed by atoms with Crippen molar-refractivity contribution in [2.75, 3.05) is 39.3 Å². The fraction of sp³-hybridized carbons (Fsp3) is 0.538. The second kappa shape index (κ2) is 6.84. The van der Waals surface area contributed by atoms with Crippen LogP contribution in [-0.2, 0) is 0 Å². The van der Waals surface area contributed by atoms with Crippen LogP contribution in [0.2, 0.25) is 5.02 Å². The van der Waals surface area contributed by atoms with E-state index in [0.29, 0.717) is 30.2 Å². The Hall–Kier alpha value is -1.17. The normalized spacial score (nSPS) is 17.3. The van der Waals surface area contributed by atoms with Gasteiger partial charge in [0, 0.05) is 38.6 Å². The molecule has 5 nitrogen and oxygen atoms in total. The Balaban J connectivity index is 2.02. The summed E-state index contributed by atoms with van der Waals surface area (Å²) >= 11 is 6.03. The van der Waals surface area contributed by atoms with Crippen molar-refractivity contribution in [1.82, 2.24) is 14.8 Å². The van der Waals surface area contributed by atoms with Crippen molar-refractivity contribution in [2.45, 2.75) is 6.42 Å². The number of rotatable bonds is 3. The van der Waals surface area contributed by atoms with Crippen LogP contribution in [0.4, 0.5) is 0 Å². The molecule has 1 amide bonds. The van der Waals surface area contributed by atoms with E-state index in [1.165, 1.54) is 6.20 Å². The van der Waals surface area contributed by atoms with E-state index in [0.717, 1.165) is 19.5 Å². The Bertz CT molecular complexity index is 442. The maximum absolute atomic E-state index is 12.4. The van der Waals surface area contributed by atoms with E-state index < -0.39 is 0 Å². The number of halogens is 1. The van der Waals surface area contributed by atoms with Crippen LogP contribution >= 0.6 is 11.6 Å². The van der Waals surface area contributed by atoms with Gasteiger partial charge in [0.15, 0.2) is 0 Å². The molecule has 0 bridgehead atoms. The lowest BCUT2D eigenvalue weighted by molar-refractivity contribution is 0.0760. The molecule has 0 spiro atoms. The lowest BCUT2D eigenvalue weighted by atomic mass is 10.2. The number of hydrogen-bond donors (Lipinski definition) is 1. The minimum absolute atomic E-state index is 0.0658. The quantitative estimate of drug-likeness (QED) is 0.895.